The molecular formula is C10H16N2O3. The Morgan fingerprint density at radius 1 is 1.67 bits per heavy atom. The predicted molar refractivity (Wildman–Crippen MR) is 52.6 cm³/mol. The van der Waals surface area contributed by atoms with Gasteiger partial charge < -0.3 is 16.2 Å². The van der Waals surface area contributed by atoms with Crippen LogP contribution < -0.4 is 11.1 Å². The number of nitrogens with one attached hydrogen (secondary N) is 1. The summed E-state index contributed by atoms with van der Waals surface area (Å²) < 4.78 is 0. The average Bonchev–Trinajstić information content (AvgIpc) is 2.82. The van der Waals surface area contributed by atoms with Crippen molar-refractivity contribution in [2.45, 2.75) is 43.7 Å². The van der Waals surface area contributed by atoms with Crippen molar-refractivity contribution < 1.29 is 14.7 Å². The summed E-state index contributed by atoms with van der Waals surface area (Å²) in [6.45, 7) is 0. The smallest absolute Gasteiger partial charge is 0.246 e. The van der Waals surface area contributed by atoms with E-state index in [1.807, 2.05) is 0 Å². The fraction of sp³-hybridized carbons (Fsp3) is 0.800. The van der Waals surface area contributed by atoms with Crippen LogP contribution in [0.5, 0.6) is 0 Å². The van der Waals surface area contributed by atoms with Crippen LogP contribution >= 0.6 is 0 Å². The highest BCUT2D eigenvalue weighted by molar-refractivity contribution is 5.83. The summed E-state index contributed by atoms with van der Waals surface area (Å²) in [6.07, 6.45) is 2.67. The van der Waals surface area contributed by atoms with Gasteiger partial charge in [0.15, 0.2) is 0 Å². The first-order valence-electron chi connectivity index (χ1n) is 5.32. The molecule has 2 atom stereocenters. The zero-order valence-corrected chi connectivity index (χ0v) is 8.53. The number of carbonyl (C=O) groups excluding carboxylic acids is 2. The molecule has 15 heavy (non-hydrogen) atoms. The fourth-order valence-corrected chi connectivity index (χ4v) is 2.19. The van der Waals surface area contributed by atoms with E-state index in [1.54, 1.807) is 0 Å². The van der Waals surface area contributed by atoms with Crippen molar-refractivity contribution >= 4 is 11.8 Å². The Morgan fingerprint density at radius 2 is 2.33 bits per heavy atom. The van der Waals surface area contributed by atoms with Crippen molar-refractivity contribution in [3.8, 4) is 0 Å². The third kappa shape index (κ3) is 2.12. The van der Waals surface area contributed by atoms with Gasteiger partial charge in [-0.2, -0.15) is 0 Å². The second-order valence-corrected chi connectivity index (χ2v) is 4.67. The van der Waals surface area contributed by atoms with Crippen LogP contribution in [0.1, 0.15) is 32.1 Å². The van der Waals surface area contributed by atoms with E-state index in [2.05, 4.69) is 5.32 Å². The molecule has 1 aliphatic carbocycles. The van der Waals surface area contributed by atoms with Gasteiger partial charge in [-0.05, 0) is 32.1 Å². The van der Waals surface area contributed by atoms with Crippen LogP contribution in [0.15, 0.2) is 0 Å². The van der Waals surface area contributed by atoms with Crippen molar-refractivity contribution in [2.24, 2.45) is 11.7 Å². The molecule has 5 heteroatoms. The number of aliphatic hydroxyl groups excluding tert-OH is 1. The van der Waals surface area contributed by atoms with Crippen LogP contribution in [0, 0.1) is 5.92 Å². The van der Waals surface area contributed by atoms with Crippen molar-refractivity contribution in [2.75, 3.05) is 0 Å². The molecule has 1 heterocycles. The monoisotopic (exact) mass is 212 g/mol. The Bertz CT molecular complexity index is 299. The van der Waals surface area contributed by atoms with E-state index >= 15 is 0 Å². The summed E-state index contributed by atoms with van der Waals surface area (Å²) in [5.74, 6) is -0.708. The molecule has 2 amide bonds. The van der Waals surface area contributed by atoms with E-state index in [1.165, 1.54) is 0 Å². The number of nitrogens with two attached hydrogens (primary N) is 1. The molecule has 4 N–H and O–H groups in total. The number of hydrogen-bond acceptors (Lipinski definition) is 3. The van der Waals surface area contributed by atoms with E-state index in [4.69, 9.17) is 5.73 Å². The molecule has 1 aliphatic heterocycles. The Balaban J connectivity index is 1.80. The maximum atomic E-state index is 11.5. The van der Waals surface area contributed by atoms with Gasteiger partial charge in [0.1, 0.15) is 6.10 Å². The van der Waals surface area contributed by atoms with Crippen molar-refractivity contribution in [3.05, 3.63) is 0 Å². The molecule has 5 nitrogen and oxygen atoms in total. The highest BCUT2D eigenvalue weighted by Crippen LogP contribution is 2.46. The van der Waals surface area contributed by atoms with E-state index in [0.29, 0.717) is 6.42 Å². The number of amides is 2. The first-order valence-corrected chi connectivity index (χ1v) is 5.32. The van der Waals surface area contributed by atoms with Gasteiger partial charge >= 0.3 is 0 Å². The topological polar surface area (TPSA) is 92.4 Å². The number of hydrogen-bond donors (Lipinski definition) is 3. The van der Waals surface area contributed by atoms with Crippen molar-refractivity contribution in [1.82, 2.24) is 5.32 Å². The third-order valence-electron chi connectivity index (χ3n) is 3.37. The van der Waals surface area contributed by atoms with E-state index in [9.17, 15) is 14.7 Å². The van der Waals surface area contributed by atoms with Crippen molar-refractivity contribution in [1.29, 1.82) is 0 Å². The summed E-state index contributed by atoms with van der Waals surface area (Å²) in [5, 5.41) is 12.2. The Hall–Kier alpha value is -1.10. The van der Waals surface area contributed by atoms with Gasteiger partial charge in [0.05, 0.1) is 0 Å². The van der Waals surface area contributed by atoms with Gasteiger partial charge in [-0.1, -0.05) is 0 Å². The normalized spacial score (nSPS) is 28.9. The van der Waals surface area contributed by atoms with Gasteiger partial charge in [0, 0.05) is 11.5 Å². The first kappa shape index (κ1) is 10.4. The highest BCUT2D eigenvalue weighted by atomic mass is 16.3. The molecule has 0 aromatic carbocycles. The Morgan fingerprint density at radius 3 is 2.80 bits per heavy atom. The highest BCUT2D eigenvalue weighted by Gasteiger charge is 2.51. The van der Waals surface area contributed by atoms with Crippen LogP contribution in [0.3, 0.4) is 0 Å². The lowest BCUT2D eigenvalue weighted by Crippen LogP contribution is -2.30. The van der Waals surface area contributed by atoms with Crippen LogP contribution in [-0.4, -0.2) is 28.6 Å². The average molecular weight is 212 g/mol. The summed E-state index contributed by atoms with van der Waals surface area (Å²) in [7, 11) is 0. The first-order chi connectivity index (χ1) is 7.02. The van der Waals surface area contributed by atoms with E-state index < -0.39 is 12.0 Å². The number of carbonyl (C=O) groups is 2. The van der Waals surface area contributed by atoms with E-state index in [-0.39, 0.29) is 23.8 Å². The standard InChI is InChI=1S/C10H16N2O3/c11-8(14)7(13)2-1-6-5-10(3-4-10)12-9(6)15/h6-7,13H,1-5H2,(H2,11,14)(H,12,15)/t6-,7?/m1/s1. The number of rotatable bonds is 4. The zero-order valence-electron chi connectivity index (χ0n) is 8.53. The van der Waals surface area contributed by atoms with Crippen LogP contribution in [0.25, 0.3) is 0 Å². The lowest BCUT2D eigenvalue weighted by Gasteiger charge is -2.09. The summed E-state index contributed by atoms with van der Waals surface area (Å²) in [4.78, 5) is 22.1. The maximum absolute atomic E-state index is 11.5. The lowest BCUT2D eigenvalue weighted by molar-refractivity contribution is -0.127. The molecule has 84 valence electrons. The molecule has 2 aliphatic rings. The number of aliphatic hydroxyl groups is 1. The molecule has 1 unspecified atom stereocenters. The SMILES string of the molecule is NC(=O)C(O)CC[C@@H]1CC2(CC2)NC1=O. The van der Waals surface area contributed by atoms with Crippen molar-refractivity contribution in [3.63, 3.8) is 0 Å². The minimum absolute atomic E-state index is 0.0542. The molecule has 0 bridgehead atoms. The molecule has 0 aromatic rings. The quantitative estimate of drug-likeness (QED) is 0.574. The van der Waals surface area contributed by atoms with Crippen LogP contribution in [-0.2, 0) is 9.59 Å². The molecule has 2 fully saturated rings. The zero-order chi connectivity index (χ0) is 11.1. The van der Waals surface area contributed by atoms with Gasteiger partial charge in [0.2, 0.25) is 11.8 Å². The molecule has 1 saturated carbocycles. The maximum Gasteiger partial charge on any atom is 0.246 e. The molecule has 1 spiro atoms. The van der Waals surface area contributed by atoms with Gasteiger partial charge in [-0.15, -0.1) is 0 Å². The third-order valence-corrected chi connectivity index (χ3v) is 3.37. The minimum atomic E-state index is -1.12. The fourth-order valence-electron chi connectivity index (χ4n) is 2.19. The number of primary amides is 1. The summed E-state index contributed by atoms with van der Waals surface area (Å²) in [5.41, 5.74) is 5.00. The second kappa shape index (κ2) is 3.48. The predicted octanol–water partition coefficient (Wildman–Crippen LogP) is -0.719. The van der Waals surface area contributed by atoms with Gasteiger partial charge in [0.25, 0.3) is 0 Å². The largest absolute Gasteiger partial charge is 0.383 e. The summed E-state index contributed by atoms with van der Waals surface area (Å²) >= 11 is 0. The molecule has 2 rings (SSSR count). The van der Waals surface area contributed by atoms with Gasteiger partial charge in [-0.25, -0.2) is 0 Å². The molecule has 1 saturated heterocycles. The Labute approximate surface area is 88.0 Å². The minimum Gasteiger partial charge on any atom is -0.383 e. The van der Waals surface area contributed by atoms with Crippen LogP contribution in [0.2, 0.25) is 0 Å². The summed E-state index contributed by atoms with van der Waals surface area (Å²) in [6, 6.07) is 0. The lowest BCUT2D eigenvalue weighted by atomic mass is 9.96. The molecule has 0 radical (unpaired) electrons. The molecular weight excluding hydrogens is 196 g/mol. The second-order valence-electron chi connectivity index (χ2n) is 4.67. The van der Waals surface area contributed by atoms with Crippen LogP contribution in [0.4, 0.5) is 0 Å². The van der Waals surface area contributed by atoms with Gasteiger partial charge in [-0.3, -0.25) is 9.59 Å². The Kier molecular flexibility index (Phi) is 2.42. The molecule has 0 aromatic heterocycles. The van der Waals surface area contributed by atoms with E-state index in [0.717, 1.165) is 19.3 Å².